The van der Waals surface area contributed by atoms with Crippen LogP contribution in [0.15, 0.2) is 29.1 Å². The number of nitrogens with two attached hydrogens (primary N) is 1. The van der Waals surface area contributed by atoms with Crippen LogP contribution in [0.4, 0.5) is 0 Å². The third-order valence-corrected chi connectivity index (χ3v) is 3.90. The van der Waals surface area contributed by atoms with E-state index in [1.165, 1.54) is 16.7 Å². The van der Waals surface area contributed by atoms with Crippen molar-refractivity contribution >= 4 is 11.3 Å². The van der Waals surface area contributed by atoms with Crippen molar-refractivity contribution in [2.24, 2.45) is 5.73 Å². The molecule has 0 radical (unpaired) electrons. The highest BCUT2D eigenvalue weighted by atomic mass is 32.1. The minimum atomic E-state index is 0.0567. The Morgan fingerprint density at radius 3 is 2.71 bits per heavy atom. The first-order chi connectivity index (χ1) is 8.20. The molecule has 2 rings (SSSR count). The van der Waals surface area contributed by atoms with Gasteiger partial charge in [0.1, 0.15) is 0 Å². The molecular formula is C14H18N2S. The second-order valence-electron chi connectivity index (χ2n) is 4.33. The molecule has 0 bridgehead atoms. The lowest BCUT2D eigenvalue weighted by molar-refractivity contribution is 0.704. The van der Waals surface area contributed by atoms with E-state index in [1.54, 1.807) is 11.3 Å². The van der Waals surface area contributed by atoms with E-state index < -0.39 is 0 Å². The average molecular weight is 246 g/mol. The summed E-state index contributed by atoms with van der Waals surface area (Å²) in [6, 6.07) is 4.27. The zero-order valence-corrected chi connectivity index (χ0v) is 11.1. The second kappa shape index (κ2) is 5.43. The number of thiophene rings is 1. The van der Waals surface area contributed by atoms with Crippen molar-refractivity contribution in [1.82, 2.24) is 4.98 Å². The van der Waals surface area contributed by atoms with Gasteiger partial charge in [0, 0.05) is 24.4 Å². The lowest BCUT2D eigenvalue weighted by Gasteiger charge is -2.11. The monoisotopic (exact) mass is 246 g/mol. The Morgan fingerprint density at radius 2 is 2.18 bits per heavy atom. The predicted octanol–water partition coefficient (Wildman–Crippen LogP) is 3.26. The van der Waals surface area contributed by atoms with E-state index in [0.717, 1.165) is 18.5 Å². The maximum absolute atomic E-state index is 6.21. The first kappa shape index (κ1) is 12.3. The normalized spacial score (nSPS) is 12.6. The summed E-state index contributed by atoms with van der Waals surface area (Å²) in [5.74, 6) is 0. The van der Waals surface area contributed by atoms with Gasteiger partial charge >= 0.3 is 0 Å². The number of aryl methyl sites for hydroxylation is 2. The highest BCUT2D eigenvalue weighted by molar-refractivity contribution is 7.08. The summed E-state index contributed by atoms with van der Waals surface area (Å²) in [4.78, 5) is 4.45. The second-order valence-corrected chi connectivity index (χ2v) is 5.08. The quantitative estimate of drug-likeness (QED) is 0.899. The zero-order valence-electron chi connectivity index (χ0n) is 10.3. The van der Waals surface area contributed by atoms with E-state index in [2.05, 4.69) is 41.7 Å². The average Bonchev–Trinajstić information content (AvgIpc) is 2.76. The van der Waals surface area contributed by atoms with E-state index in [1.807, 2.05) is 6.20 Å². The SMILES string of the molecule is CCc1ccc(CC(N)c2cscc2C)nc1. The van der Waals surface area contributed by atoms with Crippen LogP contribution >= 0.6 is 11.3 Å². The molecule has 0 saturated carbocycles. The Hall–Kier alpha value is -1.19. The molecule has 2 aromatic rings. The maximum Gasteiger partial charge on any atom is 0.0422 e. The van der Waals surface area contributed by atoms with Crippen LogP contribution in [-0.4, -0.2) is 4.98 Å². The Morgan fingerprint density at radius 1 is 1.35 bits per heavy atom. The zero-order chi connectivity index (χ0) is 12.3. The molecule has 1 atom stereocenters. The van der Waals surface area contributed by atoms with Crippen molar-refractivity contribution in [2.75, 3.05) is 0 Å². The van der Waals surface area contributed by atoms with Crippen molar-refractivity contribution in [1.29, 1.82) is 0 Å². The molecule has 1 unspecified atom stereocenters. The first-order valence-corrected chi connectivity index (χ1v) is 6.87. The van der Waals surface area contributed by atoms with E-state index in [4.69, 9.17) is 5.73 Å². The van der Waals surface area contributed by atoms with Crippen LogP contribution in [0.3, 0.4) is 0 Å². The Balaban J connectivity index is 2.07. The Kier molecular flexibility index (Phi) is 3.92. The van der Waals surface area contributed by atoms with E-state index in [-0.39, 0.29) is 6.04 Å². The summed E-state index contributed by atoms with van der Waals surface area (Å²) >= 11 is 1.71. The van der Waals surface area contributed by atoms with Gasteiger partial charge in [-0.15, -0.1) is 0 Å². The first-order valence-electron chi connectivity index (χ1n) is 5.92. The molecule has 0 aliphatic rings. The molecule has 0 aliphatic heterocycles. The van der Waals surface area contributed by atoms with Crippen LogP contribution in [0.2, 0.25) is 0 Å². The fourth-order valence-electron chi connectivity index (χ4n) is 1.87. The molecule has 2 heterocycles. The van der Waals surface area contributed by atoms with Gasteiger partial charge in [0.2, 0.25) is 0 Å². The van der Waals surface area contributed by atoms with Gasteiger partial charge in [-0.1, -0.05) is 13.0 Å². The van der Waals surface area contributed by atoms with Gasteiger partial charge in [0.15, 0.2) is 0 Å². The van der Waals surface area contributed by atoms with Gasteiger partial charge in [0.05, 0.1) is 0 Å². The molecule has 2 N–H and O–H groups in total. The Labute approximate surface area is 107 Å². The summed E-state index contributed by atoms with van der Waals surface area (Å²) in [7, 11) is 0. The molecule has 0 saturated heterocycles. The minimum absolute atomic E-state index is 0.0567. The van der Waals surface area contributed by atoms with Gasteiger partial charge in [-0.3, -0.25) is 4.98 Å². The number of hydrogen-bond acceptors (Lipinski definition) is 3. The predicted molar refractivity (Wildman–Crippen MR) is 73.3 cm³/mol. The lowest BCUT2D eigenvalue weighted by atomic mass is 10.0. The summed E-state index contributed by atoms with van der Waals surface area (Å²) in [5, 5.41) is 4.28. The van der Waals surface area contributed by atoms with E-state index in [0.29, 0.717) is 0 Å². The minimum Gasteiger partial charge on any atom is -0.324 e. The molecule has 2 aromatic heterocycles. The highest BCUT2D eigenvalue weighted by Gasteiger charge is 2.11. The molecule has 17 heavy (non-hydrogen) atoms. The van der Waals surface area contributed by atoms with Gasteiger partial charge in [-0.25, -0.2) is 0 Å². The third kappa shape index (κ3) is 2.93. The topological polar surface area (TPSA) is 38.9 Å². The number of rotatable bonds is 4. The molecule has 0 aromatic carbocycles. The third-order valence-electron chi connectivity index (χ3n) is 3.02. The number of pyridine rings is 1. The molecule has 3 heteroatoms. The van der Waals surface area contributed by atoms with Gasteiger partial charge < -0.3 is 5.73 Å². The van der Waals surface area contributed by atoms with Gasteiger partial charge in [-0.05, 0) is 46.9 Å². The number of hydrogen-bond donors (Lipinski definition) is 1. The van der Waals surface area contributed by atoms with Crippen molar-refractivity contribution in [3.05, 3.63) is 51.5 Å². The maximum atomic E-state index is 6.21. The summed E-state index contributed by atoms with van der Waals surface area (Å²) in [6.07, 6.45) is 3.78. The van der Waals surface area contributed by atoms with Gasteiger partial charge in [0.25, 0.3) is 0 Å². The van der Waals surface area contributed by atoms with Crippen LogP contribution in [0.5, 0.6) is 0 Å². The molecule has 0 aliphatic carbocycles. The van der Waals surface area contributed by atoms with Crippen molar-refractivity contribution in [3.63, 3.8) is 0 Å². The summed E-state index contributed by atoms with van der Waals surface area (Å²) in [5.41, 5.74) is 11.1. The van der Waals surface area contributed by atoms with Crippen LogP contribution in [0, 0.1) is 6.92 Å². The van der Waals surface area contributed by atoms with Crippen molar-refractivity contribution in [3.8, 4) is 0 Å². The van der Waals surface area contributed by atoms with Crippen LogP contribution in [0.25, 0.3) is 0 Å². The fraction of sp³-hybridized carbons (Fsp3) is 0.357. The summed E-state index contributed by atoms with van der Waals surface area (Å²) < 4.78 is 0. The van der Waals surface area contributed by atoms with Crippen LogP contribution in [-0.2, 0) is 12.8 Å². The standard InChI is InChI=1S/C14H18N2S/c1-3-11-4-5-12(16-7-11)6-14(15)13-9-17-8-10(13)2/h4-5,7-9,14H,3,6,15H2,1-2H3. The van der Waals surface area contributed by atoms with Crippen LogP contribution in [0.1, 0.15) is 35.3 Å². The molecular weight excluding hydrogens is 228 g/mol. The molecule has 2 nitrogen and oxygen atoms in total. The molecule has 0 fully saturated rings. The molecule has 0 spiro atoms. The van der Waals surface area contributed by atoms with E-state index >= 15 is 0 Å². The lowest BCUT2D eigenvalue weighted by Crippen LogP contribution is -2.14. The fourth-order valence-corrected chi connectivity index (χ4v) is 2.79. The number of aromatic nitrogens is 1. The van der Waals surface area contributed by atoms with Crippen LogP contribution < -0.4 is 5.73 Å². The summed E-state index contributed by atoms with van der Waals surface area (Å²) in [6.45, 7) is 4.25. The Bertz CT molecular complexity index is 473. The smallest absolute Gasteiger partial charge is 0.0422 e. The highest BCUT2D eigenvalue weighted by Crippen LogP contribution is 2.22. The van der Waals surface area contributed by atoms with E-state index in [9.17, 15) is 0 Å². The number of nitrogens with zero attached hydrogens (tertiary/aromatic N) is 1. The molecule has 90 valence electrons. The largest absolute Gasteiger partial charge is 0.324 e. The van der Waals surface area contributed by atoms with Gasteiger partial charge in [-0.2, -0.15) is 11.3 Å². The van der Waals surface area contributed by atoms with Crippen molar-refractivity contribution in [2.45, 2.75) is 32.7 Å². The molecule has 0 amide bonds. The van der Waals surface area contributed by atoms with Crippen molar-refractivity contribution < 1.29 is 0 Å².